The molecule has 5 nitrogen and oxygen atoms in total. The Morgan fingerprint density at radius 1 is 1.39 bits per heavy atom. The van der Waals surface area contributed by atoms with E-state index in [4.69, 9.17) is 5.73 Å². The van der Waals surface area contributed by atoms with E-state index in [0.717, 1.165) is 36.1 Å². The van der Waals surface area contributed by atoms with Crippen LogP contribution in [0.5, 0.6) is 0 Å². The molecule has 2 N–H and O–H groups in total. The highest BCUT2D eigenvalue weighted by Gasteiger charge is 2.21. The second-order valence-corrected chi connectivity index (χ2v) is 5.92. The summed E-state index contributed by atoms with van der Waals surface area (Å²) in [6, 6.07) is 1.72. The number of nitrogen functional groups attached to an aromatic ring is 1. The van der Waals surface area contributed by atoms with Crippen LogP contribution in [-0.4, -0.2) is 48.6 Å². The van der Waals surface area contributed by atoms with Gasteiger partial charge in [-0.25, -0.2) is 4.98 Å². The Morgan fingerprint density at radius 2 is 2.06 bits per heavy atom. The monoisotopic (exact) mass is 313 g/mol. The second-order valence-electron chi connectivity index (χ2n) is 5.11. The summed E-state index contributed by atoms with van der Waals surface area (Å²) in [4.78, 5) is 13.2. The van der Waals surface area contributed by atoms with E-state index >= 15 is 0 Å². The van der Waals surface area contributed by atoms with E-state index in [-0.39, 0.29) is 0 Å². The molecule has 6 heteroatoms. The zero-order valence-corrected chi connectivity index (χ0v) is 12.5. The summed E-state index contributed by atoms with van der Waals surface area (Å²) >= 11 is 3.36. The summed E-state index contributed by atoms with van der Waals surface area (Å²) in [5.41, 5.74) is 5.74. The van der Waals surface area contributed by atoms with Gasteiger partial charge in [0.15, 0.2) is 0 Å². The molecule has 1 aliphatic heterocycles. The van der Waals surface area contributed by atoms with Crippen molar-refractivity contribution in [2.45, 2.75) is 12.8 Å². The number of hydrogen-bond acceptors (Lipinski definition) is 5. The van der Waals surface area contributed by atoms with Gasteiger partial charge in [0, 0.05) is 25.7 Å². The minimum absolute atomic E-state index is 0.516. The maximum atomic E-state index is 5.74. The van der Waals surface area contributed by atoms with E-state index < -0.39 is 0 Å². The van der Waals surface area contributed by atoms with Crippen molar-refractivity contribution in [2.75, 3.05) is 44.4 Å². The Balaban J connectivity index is 1.96. The first kappa shape index (κ1) is 13.5. The Bertz CT molecular complexity index is 381. The normalized spacial score (nSPS) is 17.4. The number of hydrogen-bond donors (Lipinski definition) is 1. The van der Waals surface area contributed by atoms with Crippen molar-refractivity contribution in [3.63, 3.8) is 0 Å². The van der Waals surface area contributed by atoms with Crippen LogP contribution in [0.1, 0.15) is 12.8 Å². The lowest BCUT2D eigenvalue weighted by atomic mass is 9.97. The predicted octanol–water partition coefficient (Wildman–Crippen LogP) is 1.60. The molecule has 0 atom stereocenters. The molecule has 1 aliphatic rings. The average Bonchev–Trinajstić information content (AvgIpc) is 2.27. The molecule has 2 rings (SSSR count). The van der Waals surface area contributed by atoms with Gasteiger partial charge in [0.1, 0.15) is 10.4 Å². The molecule has 2 heterocycles. The summed E-state index contributed by atoms with van der Waals surface area (Å²) in [5, 5.41) is 0. The van der Waals surface area contributed by atoms with Crippen molar-refractivity contribution in [3.8, 4) is 0 Å². The van der Waals surface area contributed by atoms with E-state index in [0.29, 0.717) is 5.82 Å². The maximum absolute atomic E-state index is 5.74. The lowest BCUT2D eigenvalue weighted by molar-refractivity contribution is 0.284. The van der Waals surface area contributed by atoms with Gasteiger partial charge in [0.2, 0.25) is 5.95 Å². The molecule has 0 radical (unpaired) electrons. The summed E-state index contributed by atoms with van der Waals surface area (Å²) in [6.07, 6.45) is 2.38. The predicted molar refractivity (Wildman–Crippen MR) is 77.6 cm³/mol. The van der Waals surface area contributed by atoms with Gasteiger partial charge < -0.3 is 15.5 Å². The fourth-order valence-corrected chi connectivity index (χ4v) is 2.79. The van der Waals surface area contributed by atoms with Gasteiger partial charge >= 0.3 is 0 Å². The number of anilines is 2. The number of rotatable bonds is 3. The molecule has 100 valence electrons. The third kappa shape index (κ3) is 3.55. The number of piperidine rings is 1. The molecule has 1 aromatic rings. The van der Waals surface area contributed by atoms with Gasteiger partial charge in [0.05, 0.1) is 0 Å². The molecule has 0 spiro atoms. The van der Waals surface area contributed by atoms with Crippen molar-refractivity contribution in [1.82, 2.24) is 14.9 Å². The van der Waals surface area contributed by atoms with Crippen LogP contribution >= 0.6 is 15.9 Å². The first-order valence-corrected chi connectivity index (χ1v) is 7.03. The van der Waals surface area contributed by atoms with Crippen molar-refractivity contribution >= 4 is 27.7 Å². The standard InChI is InChI=1S/C12H20BrN5/c1-17(2)8-9-3-5-18(6-4-9)12-15-10(13)7-11(14)16-12/h7,9H,3-6,8H2,1-2H3,(H2,14,15,16). The highest BCUT2D eigenvalue weighted by molar-refractivity contribution is 9.10. The van der Waals surface area contributed by atoms with Gasteiger partial charge in [-0.2, -0.15) is 4.98 Å². The minimum atomic E-state index is 0.516. The largest absolute Gasteiger partial charge is 0.383 e. The molecular formula is C12H20BrN5. The third-order valence-corrected chi connectivity index (χ3v) is 3.63. The number of nitrogens with two attached hydrogens (primary N) is 1. The van der Waals surface area contributed by atoms with Gasteiger partial charge in [0.25, 0.3) is 0 Å². The van der Waals surface area contributed by atoms with Crippen LogP contribution in [0.4, 0.5) is 11.8 Å². The van der Waals surface area contributed by atoms with E-state index in [9.17, 15) is 0 Å². The van der Waals surface area contributed by atoms with Crippen LogP contribution in [0.3, 0.4) is 0 Å². The number of aromatic nitrogens is 2. The zero-order valence-electron chi connectivity index (χ0n) is 10.9. The molecule has 0 aromatic carbocycles. The first-order chi connectivity index (χ1) is 8.54. The smallest absolute Gasteiger partial charge is 0.228 e. The zero-order chi connectivity index (χ0) is 13.1. The van der Waals surface area contributed by atoms with Crippen LogP contribution in [0.25, 0.3) is 0 Å². The van der Waals surface area contributed by atoms with Gasteiger partial charge in [-0.1, -0.05) is 0 Å². The van der Waals surface area contributed by atoms with Crippen LogP contribution in [0.2, 0.25) is 0 Å². The van der Waals surface area contributed by atoms with E-state index in [1.165, 1.54) is 12.8 Å². The molecule has 0 aliphatic carbocycles. The van der Waals surface area contributed by atoms with Crippen LogP contribution < -0.4 is 10.6 Å². The molecule has 0 bridgehead atoms. The quantitative estimate of drug-likeness (QED) is 0.859. The van der Waals surface area contributed by atoms with Crippen molar-refractivity contribution in [2.24, 2.45) is 5.92 Å². The molecule has 1 saturated heterocycles. The number of nitrogens with zero attached hydrogens (tertiary/aromatic N) is 4. The Kier molecular flexibility index (Phi) is 4.40. The molecule has 0 unspecified atom stereocenters. The van der Waals surface area contributed by atoms with Crippen molar-refractivity contribution in [3.05, 3.63) is 10.7 Å². The number of halogens is 1. The van der Waals surface area contributed by atoms with Gasteiger partial charge in [-0.05, 0) is 48.8 Å². The van der Waals surface area contributed by atoms with E-state index in [2.05, 4.69) is 49.8 Å². The summed E-state index contributed by atoms with van der Waals surface area (Å²) < 4.78 is 0.750. The van der Waals surface area contributed by atoms with Gasteiger partial charge in [-0.3, -0.25) is 0 Å². The first-order valence-electron chi connectivity index (χ1n) is 6.24. The van der Waals surface area contributed by atoms with Crippen molar-refractivity contribution < 1.29 is 0 Å². The molecule has 0 saturated carbocycles. The topological polar surface area (TPSA) is 58.3 Å². The van der Waals surface area contributed by atoms with Crippen molar-refractivity contribution in [1.29, 1.82) is 0 Å². The molecule has 18 heavy (non-hydrogen) atoms. The molecule has 1 fully saturated rings. The summed E-state index contributed by atoms with van der Waals surface area (Å²) in [5.74, 6) is 2.04. The molecular weight excluding hydrogens is 294 g/mol. The fraction of sp³-hybridized carbons (Fsp3) is 0.667. The lowest BCUT2D eigenvalue weighted by Gasteiger charge is -2.33. The third-order valence-electron chi connectivity index (χ3n) is 3.22. The van der Waals surface area contributed by atoms with Crippen LogP contribution in [0.15, 0.2) is 10.7 Å². The van der Waals surface area contributed by atoms with Gasteiger partial charge in [-0.15, -0.1) is 0 Å². The summed E-state index contributed by atoms with van der Waals surface area (Å²) in [6.45, 7) is 3.18. The Hall–Kier alpha value is -0.880. The fourth-order valence-electron chi connectivity index (χ4n) is 2.40. The Morgan fingerprint density at radius 3 is 2.61 bits per heavy atom. The summed E-state index contributed by atoms with van der Waals surface area (Å²) in [7, 11) is 4.26. The molecule has 1 aromatic heterocycles. The Labute approximate surface area is 117 Å². The minimum Gasteiger partial charge on any atom is -0.383 e. The highest BCUT2D eigenvalue weighted by Crippen LogP contribution is 2.23. The van der Waals surface area contributed by atoms with Crippen LogP contribution in [0, 0.1) is 5.92 Å². The van der Waals surface area contributed by atoms with E-state index in [1.54, 1.807) is 6.07 Å². The lowest BCUT2D eigenvalue weighted by Crippen LogP contribution is -2.38. The van der Waals surface area contributed by atoms with Crippen LogP contribution in [-0.2, 0) is 0 Å². The molecule has 0 amide bonds. The van der Waals surface area contributed by atoms with E-state index in [1.807, 2.05) is 0 Å². The highest BCUT2D eigenvalue weighted by atomic mass is 79.9. The average molecular weight is 314 g/mol. The second kappa shape index (κ2) is 5.84. The SMILES string of the molecule is CN(C)CC1CCN(c2nc(N)cc(Br)n2)CC1. The maximum Gasteiger partial charge on any atom is 0.228 e.